The summed E-state index contributed by atoms with van der Waals surface area (Å²) in [5.74, 6) is 1.67. The molecule has 0 aliphatic carbocycles. The second kappa shape index (κ2) is 8.02. The Bertz CT molecular complexity index is 591. The van der Waals surface area contributed by atoms with Crippen LogP contribution in [0.4, 0.5) is 0 Å². The Morgan fingerprint density at radius 2 is 1.78 bits per heavy atom. The van der Waals surface area contributed by atoms with E-state index in [9.17, 15) is 0 Å². The van der Waals surface area contributed by atoms with E-state index in [1.165, 1.54) is 32.4 Å². The largest absolute Gasteiger partial charge is 0.491 e. The van der Waals surface area contributed by atoms with E-state index in [1.54, 1.807) is 6.20 Å². The fraction of sp³-hybridized carbons (Fsp3) is 0.500. The van der Waals surface area contributed by atoms with Crippen LogP contribution in [0.3, 0.4) is 0 Å². The van der Waals surface area contributed by atoms with Gasteiger partial charge < -0.3 is 4.74 Å². The minimum absolute atomic E-state index is 0.718. The smallest absolute Gasteiger partial charge is 0.137 e. The fourth-order valence-corrected chi connectivity index (χ4v) is 2.78. The zero-order chi connectivity index (χ0) is 15.9. The summed E-state index contributed by atoms with van der Waals surface area (Å²) in [5.41, 5.74) is 1.80. The van der Waals surface area contributed by atoms with Crippen LogP contribution in [-0.4, -0.2) is 46.1 Å². The van der Waals surface area contributed by atoms with Crippen molar-refractivity contribution >= 4 is 0 Å². The van der Waals surface area contributed by atoms with E-state index in [4.69, 9.17) is 4.74 Å². The van der Waals surface area contributed by atoms with Crippen molar-refractivity contribution in [1.82, 2.24) is 19.9 Å². The summed E-state index contributed by atoms with van der Waals surface area (Å²) in [5, 5.41) is 0. The number of pyridine rings is 1. The van der Waals surface area contributed by atoms with Crippen LogP contribution in [0.15, 0.2) is 30.7 Å². The quantitative estimate of drug-likeness (QED) is 0.821. The molecule has 0 spiro atoms. The third kappa shape index (κ3) is 4.48. The highest BCUT2D eigenvalue weighted by Crippen LogP contribution is 2.18. The molecule has 3 rings (SSSR count). The molecule has 2 aromatic heterocycles. The molecule has 1 aliphatic rings. The zero-order valence-electron chi connectivity index (χ0n) is 13.7. The Morgan fingerprint density at radius 3 is 2.43 bits per heavy atom. The number of hydrogen-bond acceptors (Lipinski definition) is 5. The van der Waals surface area contributed by atoms with Gasteiger partial charge in [0.2, 0.25) is 0 Å². The van der Waals surface area contributed by atoms with Crippen LogP contribution in [0.25, 0.3) is 11.3 Å². The Morgan fingerprint density at radius 1 is 1.00 bits per heavy atom. The first-order chi connectivity index (χ1) is 11.3. The highest BCUT2D eigenvalue weighted by molar-refractivity contribution is 5.56. The van der Waals surface area contributed by atoms with E-state index in [2.05, 4.69) is 19.9 Å². The van der Waals surface area contributed by atoms with E-state index in [-0.39, 0.29) is 0 Å². The van der Waals surface area contributed by atoms with Gasteiger partial charge in [-0.3, -0.25) is 9.88 Å². The molecule has 0 saturated carbocycles. The normalized spacial score (nSPS) is 15.5. The molecule has 1 aliphatic heterocycles. The summed E-state index contributed by atoms with van der Waals surface area (Å²) in [6.45, 7) is 6.16. The third-order valence-electron chi connectivity index (χ3n) is 4.18. The Kier molecular flexibility index (Phi) is 5.53. The summed E-state index contributed by atoms with van der Waals surface area (Å²) >= 11 is 0. The number of ether oxygens (including phenoxy) is 1. The van der Waals surface area contributed by atoms with E-state index in [1.807, 2.05) is 31.5 Å². The zero-order valence-corrected chi connectivity index (χ0v) is 13.7. The average Bonchev–Trinajstić information content (AvgIpc) is 2.63. The molecule has 0 radical (unpaired) electrons. The van der Waals surface area contributed by atoms with E-state index < -0.39 is 0 Å². The van der Waals surface area contributed by atoms with Gasteiger partial charge in [-0.1, -0.05) is 13.3 Å². The lowest BCUT2D eigenvalue weighted by atomic mass is 10.1. The monoisotopic (exact) mass is 312 g/mol. The SMILES string of the molecule is CCc1ncc(-c2ccc(OCCN3CCCCC3)cn2)cn1. The van der Waals surface area contributed by atoms with Gasteiger partial charge in [0.05, 0.1) is 11.9 Å². The second-order valence-electron chi connectivity index (χ2n) is 5.87. The highest BCUT2D eigenvalue weighted by Gasteiger charge is 2.09. The average molecular weight is 312 g/mol. The van der Waals surface area contributed by atoms with Crippen molar-refractivity contribution in [3.8, 4) is 17.0 Å². The molecular formula is C18H24N4O. The summed E-state index contributed by atoms with van der Waals surface area (Å²) in [4.78, 5) is 15.5. The van der Waals surface area contributed by atoms with Crippen molar-refractivity contribution < 1.29 is 4.74 Å². The molecule has 0 aromatic carbocycles. The molecule has 0 unspecified atom stereocenters. The van der Waals surface area contributed by atoms with Crippen molar-refractivity contribution in [3.63, 3.8) is 0 Å². The van der Waals surface area contributed by atoms with Gasteiger partial charge in [0.1, 0.15) is 18.2 Å². The maximum Gasteiger partial charge on any atom is 0.137 e. The van der Waals surface area contributed by atoms with Gasteiger partial charge in [0.15, 0.2) is 0 Å². The topological polar surface area (TPSA) is 51.1 Å². The first kappa shape index (κ1) is 15.9. The summed E-state index contributed by atoms with van der Waals surface area (Å²) in [6.07, 6.45) is 10.3. The number of piperidine rings is 1. The Balaban J connectivity index is 1.51. The molecule has 122 valence electrons. The Hall–Kier alpha value is -2.01. The molecule has 0 amide bonds. The maximum atomic E-state index is 5.80. The van der Waals surface area contributed by atoms with Crippen molar-refractivity contribution in [3.05, 3.63) is 36.5 Å². The molecule has 0 bridgehead atoms. The first-order valence-electron chi connectivity index (χ1n) is 8.47. The van der Waals surface area contributed by atoms with Crippen molar-refractivity contribution in [1.29, 1.82) is 0 Å². The van der Waals surface area contributed by atoms with Gasteiger partial charge in [0, 0.05) is 30.9 Å². The van der Waals surface area contributed by atoms with Crippen LogP contribution in [-0.2, 0) is 6.42 Å². The lowest BCUT2D eigenvalue weighted by Gasteiger charge is -2.26. The van der Waals surface area contributed by atoms with Crippen molar-refractivity contribution in [2.45, 2.75) is 32.6 Å². The number of aromatic nitrogens is 3. The molecule has 1 fully saturated rings. The van der Waals surface area contributed by atoms with Crippen LogP contribution in [0.5, 0.6) is 5.75 Å². The van der Waals surface area contributed by atoms with Crippen LogP contribution < -0.4 is 4.74 Å². The van der Waals surface area contributed by atoms with Crippen LogP contribution in [0.2, 0.25) is 0 Å². The lowest BCUT2D eigenvalue weighted by Crippen LogP contribution is -2.33. The molecule has 23 heavy (non-hydrogen) atoms. The number of aryl methyl sites for hydroxylation is 1. The van der Waals surface area contributed by atoms with Gasteiger partial charge in [-0.15, -0.1) is 0 Å². The molecular weight excluding hydrogens is 288 g/mol. The predicted molar refractivity (Wildman–Crippen MR) is 90.4 cm³/mol. The van der Waals surface area contributed by atoms with E-state index >= 15 is 0 Å². The standard InChI is InChI=1S/C18H24N4O/c1-2-18-20-12-15(13-21-18)17-7-6-16(14-19-17)23-11-10-22-8-4-3-5-9-22/h6-7,12-14H,2-5,8-11H2,1H3. The molecule has 1 saturated heterocycles. The van der Waals surface area contributed by atoms with Gasteiger partial charge >= 0.3 is 0 Å². The van der Waals surface area contributed by atoms with Crippen LogP contribution in [0, 0.1) is 0 Å². The van der Waals surface area contributed by atoms with Gasteiger partial charge in [-0.05, 0) is 38.1 Å². The summed E-state index contributed by atoms with van der Waals surface area (Å²) in [6, 6.07) is 3.92. The van der Waals surface area contributed by atoms with Crippen molar-refractivity contribution in [2.75, 3.05) is 26.2 Å². The van der Waals surface area contributed by atoms with Gasteiger partial charge in [-0.2, -0.15) is 0 Å². The van der Waals surface area contributed by atoms with Crippen LogP contribution >= 0.6 is 0 Å². The molecule has 0 atom stereocenters. The third-order valence-corrected chi connectivity index (χ3v) is 4.18. The number of nitrogens with zero attached hydrogens (tertiary/aromatic N) is 4. The fourth-order valence-electron chi connectivity index (χ4n) is 2.78. The first-order valence-corrected chi connectivity index (χ1v) is 8.47. The van der Waals surface area contributed by atoms with Crippen molar-refractivity contribution in [2.24, 2.45) is 0 Å². The molecule has 5 heteroatoms. The predicted octanol–water partition coefficient (Wildman–Crippen LogP) is 2.97. The highest BCUT2D eigenvalue weighted by atomic mass is 16.5. The van der Waals surface area contributed by atoms with E-state index in [0.717, 1.165) is 42.4 Å². The second-order valence-corrected chi connectivity index (χ2v) is 5.87. The van der Waals surface area contributed by atoms with Gasteiger partial charge in [0.25, 0.3) is 0 Å². The maximum absolute atomic E-state index is 5.80. The molecule has 0 N–H and O–H groups in total. The minimum atomic E-state index is 0.718. The van der Waals surface area contributed by atoms with Gasteiger partial charge in [-0.25, -0.2) is 9.97 Å². The Labute approximate surface area is 137 Å². The van der Waals surface area contributed by atoms with E-state index in [0.29, 0.717) is 0 Å². The van der Waals surface area contributed by atoms with Crippen LogP contribution in [0.1, 0.15) is 32.0 Å². The molecule has 5 nitrogen and oxygen atoms in total. The molecule has 3 heterocycles. The summed E-state index contributed by atoms with van der Waals surface area (Å²) in [7, 11) is 0. The number of hydrogen-bond donors (Lipinski definition) is 0. The minimum Gasteiger partial charge on any atom is -0.491 e. The number of likely N-dealkylation sites (tertiary alicyclic amines) is 1. The lowest BCUT2D eigenvalue weighted by molar-refractivity contribution is 0.183. The molecule has 2 aromatic rings. The summed E-state index contributed by atoms with van der Waals surface area (Å²) < 4.78 is 5.80. The number of rotatable bonds is 6.